The Labute approximate surface area is 282 Å². The molecule has 0 aliphatic heterocycles. The first-order chi connectivity index (χ1) is 21.7. The third kappa shape index (κ3) is 10.4. The molecular weight excluding hydrogens is 601 g/mol. The summed E-state index contributed by atoms with van der Waals surface area (Å²) in [5.74, 6) is 0.848. The molecule has 0 spiro atoms. The lowest BCUT2D eigenvalue weighted by molar-refractivity contribution is 0.0272. The summed E-state index contributed by atoms with van der Waals surface area (Å²) in [7, 11) is -2.81. The van der Waals surface area contributed by atoms with Gasteiger partial charge >= 0.3 is 0 Å². The van der Waals surface area contributed by atoms with Crippen LogP contribution in [0.4, 0.5) is 0 Å². The minimum Gasteiger partial charge on any atom is -0.497 e. The summed E-state index contributed by atoms with van der Waals surface area (Å²) in [5, 5.41) is 2.65. The van der Waals surface area contributed by atoms with Crippen LogP contribution in [0.25, 0.3) is 0 Å². The van der Waals surface area contributed by atoms with E-state index in [0.717, 1.165) is 30.8 Å². The molecule has 250 valence electrons. The topological polar surface area (TPSA) is 36.9 Å². The van der Waals surface area contributed by atoms with Crippen molar-refractivity contribution in [3.63, 3.8) is 0 Å². The van der Waals surface area contributed by atoms with Crippen molar-refractivity contribution in [1.29, 1.82) is 0 Å². The molecule has 2 atom stereocenters. The first-order valence-corrected chi connectivity index (χ1v) is 21.5. The largest absolute Gasteiger partial charge is 0.497 e. The molecule has 0 aliphatic rings. The van der Waals surface area contributed by atoms with Crippen LogP contribution in [0.1, 0.15) is 66.9 Å². The first kappa shape index (κ1) is 37.7. The minimum atomic E-state index is -2.76. The molecule has 0 N–H and O–H groups in total. The smallest absolute Gasteiger partial charge is 0.261 e. The molecule has 4 nitrogen and oxygen atoms in total. The van der Waals surface area contributed by atoms with E-state index in [9.17, 15) is 0 Å². The van der Waals surface area contributed by atoms with Crippen molar-refractivity contribution in [3.8, 4) is 5.75 Å². The van der Waals surface area contributed by atoms with Crippen LogP contribution in [-0.2, 0) is 20.2 Å². The quantitative estimate of drug-likeness (QED) is 0.0873. The lowest BCUT2D eigenvalue weighted by Gasteiger charge is -2.45. The predicted octanol–water partition coefficient (Wildman–Crippen LogP) is 9.46. The molecule has 3 rings (SSSR count). The second kappa shape index (κ2) is 16.9. The molecule has 0 heterocycles. The normalized spacial score (nSPS) is 14.6. The van der Waals surface area contributed by atoms with Gasteiger partial charge in [-0.2, -0.15) is 0 Å². The van der Waals surface area contributed by atoms with Crippen LogP contribution in [-0.4, -0.2) is 42.6 Å². The van der Waals surface area contributed by atoms with Crippen molar-refractivity contribution in [1.82, 2.24) is 0 Å². The summed E-state index contributed by atoms with van der Waals surface area (Å²) in [6.45, 7) is 21.9. The number of allylic oxidation sites excluding steroid dienone is 2. The van der Waals surface area contributed by atoms with E-state index in [1.807, 2.05) is 12.1 Å². The van der Waals surface area contributed by atoms with Crippen molar-refractivity contribution < 1.29 is 18.3 Å². The Morgan fingerprint density at radius 2 is 1.30 bits per heavy atom. The van der Waals surface area contributed by atoms with Crippen molar-refractivity contribution >= 4 is 27.0 Å². The summed E-state index contributed by atoms with van der Waals surface area (Å²) < 4.78 is 25.6. The third-order valence-corrected chi connectivity index (χ3v) is 18.7. The van der Waals surface area contributed by atoms with Crippen molar-refractivity contribution in [2.24, 2.45) is 0 Å². The van der Waals surface area contributed by atoms with Gasteiger partial charge in [-0.25, -0.2) is 0 Å². The zero-order valence-corrected chi connectivity index (χ0v) is 32.0. The Morgan fingerprint density at radius 3 is 1.80 bits per heavy atom. The van der Waals surface area contributed by atoms with Gasteiger partial charge in [0.05, 0.1) is 25.9 Å². The maximum atomic E-state index is 7.54. The molecule has 0 aromatic heterocycles. The van der Waals surface area contributed by atoms with Crippen LogP contribution in [0, 0.1) is 0 Å². The van der Waals surface area contributed by atoms with E-state index in [0.29, 0.717) is 6.61 Å². The molecule has 0 saturated carbocycles. The summed E-state index contributed by atoms with van der Waals surface area (Å²) in [5.41, 5.74) is 1.12. The Bertz CT molecular complexity index is 1310. The summed E-state index contributed by atoms with van der Waals surface area (Å²) >= 11 is 0. The number of rotatable bonds is 16. The van der Waals surface area contributed by atoms with E-state index in [-0.39, 0.29) is 22.3 Å². The Hall–Kier alpha value is -2.75. The second-order valence-electron chi connectivity index (χ2n) is 14.7. The standard InChI is InChI=1S/C40H58O4Si2/c1-33(42-32-34-26-28-35(41-8)29-27-34)31-36(21-15-11-12-20-30-43-45(9,10)39(2,3)4)44-46(40(5,6)7,37-22-16-13-17-23-37)38-24-18-14-19-25-38/h11-19,21-29,33,36H,20,30-32H2,1-10H3/b12-11+,21-15+/t33-,36-/m1/s1. The molecule has 3 aromatic carbocycles. The van der Waals surface area contributed by atoms with Gasteiger partial charge < -0.3 is 18.3 Å². The van der Waals surface area contributed by atoms with Gasteiger partial charge in [-0.3, -0.25) is 0 Å². The average molecular weight is 659 g/mol. The molecule has 0 bridgehead atoms. The lowest BCUT2D eigenvalue weighted by Crippen LogP contribution is -2.67. The molecule has 0 saturated heterocycles. The lowest BCUT2D eigenvalue weighted by atomic mass is 10.1. The summed E-state index contributed by atoms with van der Waals surface area (Å²) in [6.07, 6.45) is 10.2. The summed E-state index contributed by atoms with van der Waals surface area (Å²) in [4.78, 5) is 0. The fourth-order valence-electron chi connectivity index (χ4n) is 5.40. The van der Waals surface area contributed by atoms with E-state index >= 15 is 0 Å². The highest BCUT2D eigenvalue weighted by Crippen LogP contribution is 2.38. The van der Waals surface area contributed by atoms with Crippen LogP contribution in [0.15, 0.2) is 109 Å². The molecular formula is C40H58O4Si2. The predicted molar refractivity (Wildman–Crippen MR) is 200 cm³/mol. The molecule has 0 amide bonds. The van der Waals surface area contributed by atoms with E-state index in [1.54, 1.807) is 7.11 Å². The highest BCUT2D eigenvalue weighted by atomic mass is 28.4. The minimum absolute atomic E-state index is 0.0167. The number of hydrogen-bond acceptors (Lipinski definition) is 4. The number of benzene rings is 3. The van der Waals surface area contributed by atoms with Crippen molar-refractivity contribution in [3.05, 3.63) is 115 Å². The van der Waals surface area contributed by atoms with Gasteiger partial charge in [0.2, 0.25) is 0 Å². The fraction of sp³-hybridized carbons (Fsp3) is 0.450. The Balaban J connectivity index is 1.87. The van der Waals surface area contributed by atoms with Gasteiger partial charge in [0.1, 0.15) is 5.75 Å². The zero-order chi connectivity index (χ0) is 33.8. The molecule has 0 fully saturated rings. The molecule has 6 heteroatoms. The third-order valence-electron chi connectivity index (χ3n) is 9.13. The Morgan fingerprint density at radius 1 is 0.739 bits per heavy atom. The molecule has 46 heavy (non-hydrogen) atoms. The van der Waals surface area contributed by atoms with Crippen molar-refractivity contribution in [2.45, 2.75) is 103 Å². The highest BCUT2D eigenvalue weighted by Gasteiger charge is 2.51. The van der Waals surface area contributed by atoms with Crippen LogP contribution < -0.4 is 15.1 Å². The van der Waals surface area contributed by atoms with Gasteiger partial charge in [-0.1, -0.05) is 139 Å². The van der Waals surface area contributed by atoms with E-state index in [4.69, 9.17) is 18.3 Å². The highest BCUT2D eigenvalue weighted by molar-refractivity contribution is 6.99. The van der Waals surface area contributed by atoms with Crippen LogP contribution in [0.3, 0.4) is 0 Å². The maximum absolute atomic E-state index is 7.54. The van der Waals surface area contributed by atoms with Crippen molar-refractivity contribution in [2.75, 3.05) is 13.7 Å². The van der Waals surface area contributed by atoms with Gasteiger partial charge in [0.25, 0.3) is 8.32 Å². The summed E-state index contributed by atoms with van der Waals surface area (Å²) in [6, 6.07) is 29.8. The molecule has 0 radical (unpaired) electrons. The average Bonchev–Trinajstić information content (AvgIpc) is 3.01. The maximum Gasteiger partial charge on any atom is 0.261 e. The second-order valence-corrected chi connectivity index (χ2v) is 23.8. The molecule has 0 aliphatic carbocycles. The number of methoxy groups -OCH3 is 1. The van der Waals surface area contributed by atoms with E-state index in [1.165, 1.54) is 10.4 Å². The Kier molecular flexibility index (Phi) is 13.8. The molecule has 3 aromatic rings. The van der Waals surface area contributed by atoms with Gasteiger partial charge in [0.15, 0.2) is 8.32 Å². The first-order valence-electron chi connectivity index (χ1n) is 16.7. The number of hydrogen-bond donors (Lipinski definition) is 0. The SMILES string of the molecule is COc1ccc(CO[C@H](C)C[C@@H](/C=C/C=C/CCO[Si](C)(C)C(C)(C)C)O[Si](c2ccccc2)(c2ccccc2)C(C)(C)C)cc1. The van der Waals surface area contributed by atoms with Gasteiger partial charge in [0, 0.05) is 13.0 Å². The van der Waals surface area contributed by atoms with E-state index < -0.39 is 16.6 Å². The zero-order valence-electron chi connectivity index (χ0n) is 30.0. The van der Waals surface area contributed by atoms with Gasteiger partial charge in [-0.15, -0.1) is 0 Å². The number of ether oxygens (including phenoxy) is 2. The fourth-order valence-corrected chi connectivity index (χ4v) is 11.1. The molecule has 0 unspecified atom stereocenters. The van der Waals surface area contributed by atoms with Crippen LogP contribution in [0.2, 0.25) is 23.2 Å². The monoisotopic (exact) mass is 658 g/mol. The van der Waals surface area contributed by atoms with Crippen LogP contribution in [0.5, 0.6) is 5.75 Å². The van der Waals surface area contributed by atoms with Crippen LogP contribution >= 0.6 is 0 Å². The van der Waals surface area contributed by atoms with E-state index in [2.05, 4.69) is 159 Å². The van der Waals surface area contributed by atoms with Gasteiger partial charge in [-0.05, 0) is 64.6 Å².